The lowest BCUT2D eigenvalue weighted by Gasteiger charge is -2.39. The average molecular weight is 394 g/mol. The molecule has 7 nitrogen and oxygen atoms in total. The maximum atomic E-state index is 12.9. The summed E-state index contributed by atoms with van der Waals surface area (Å²) in [5.74, 6) is 1.49. The van der Waals surface area contributed by atoms with Crippen molar-refractivity contribution in [1.29, 1.82) is 0 Å². The van der Waals surface area contributed by atoms with Gasteiger partial charge < -0.3 is 14.5 Å². The van der Waals surface area contributed by atoms with Crippen LogP contribution in [0, 0.1) is 0 Å². The highest BCUT2D eigenvalue weighted by atomic mass is 19.4. The number of alkyl halides is 3. The molecule has 4 rings (SSSR count). The zero-order chi connectivity index (χ0) is 19.7. The minimum absolute atomic E-state index is 0.134. The number of anilines is 2. The van der Waals surface area contributed by atoms with Gasteiger partial charge in [0.2, 0.25) is 11.8 Å². The molecule has 1 saturated heterocycles. The molecule has 0 N–H and O–H groups in total. The van der Waals surface area contributed by atoms with Crippen LogP contribution in [0.2, 0.25) is 0 Å². The molecule has 1 aliphatic carbocycles. The van der Waals surface area contributed by atoms with Crippen LogP contribution < -0.4 is 14.5 Å². The van der Waals surface area contributed by atoms with Gasteiger partial charge in [-0.1, -0.05) is 0 Å². The lowest BCUT2D eigenvalue weighted by molar-refractivity contribution is -0.141. The number of hydrogen-bond donors (Lipinski definition) is 0. The average Bonchev–Trinajstić information content (AvgIpc) is 3.53. The number of nitrogens with zero attached hydrogens (tertiary/aromatic N) is 6. The molecule has 1 aliphatic heterocycles. The van der Waals surface area contributed by atoms with Crippen LogP contribution in [0.3, 0.4) is 0 Å². The molecule has 3 heterocycles. The molecule has 0 unspecified atom stereocenters. The van der Waals surface area contributed by atoms with Crippen molar-refractivity contribution in [2.75, 3.05) is 30.0 Å². The SMILES string of the molecule is COc1cc(N(C2CC2)C2CCN(c3nccc(C(F)(F)F)n3)CC2)ncn1. The minimum Gasteiger partial charge on any atom is -0.481 e. The maximum Gasteiger partial charge on any atom is 0.433 e. The van der Waals surface area contributed by atoms with Crippen molar-refractivity contribution in [2.24, 2.45) is 0 Å². The van der Waals surface area contributed by atoms with E-state index in [9.17, 15) is 13.2 Å². The molecule has 0 atom stereocenters. The van der Waals surface area contributed by atoms with E-state index >= 15 is 0 Å². The second kappa shape index (κ2) is 7.40. The highest BCUT2D eigenvalue weighted by Crippen LogP contribution is 2.36. The molecular weight excluding hydrogens is 373 g/mol. The Bertz CT molecular complexity index is 821. The zero-order valence-corrected chi connectivity index (χ0v) is 15.4. The largest absolute Gasteiger partial charge is 0.481 e. The predicted octanol–water partition coefficient (Wildman–Crippen LogP) is 2.93. The van der Waals surface area contributed by atoms with Crippen molar-refractivity contribution < 1.29 is 17.9 Å². The van der Waals surface area contributed by atoms with Gasteiger partial charge in [-0.05, 0) is 31.7 Å². The normalized spacial score (nSPS) is 18.2. The number of hydrogen-bond acceptors (Lipinski definition) is 7. The fourth-order valence-corrected chi connectivity index (χ4v) is 3.61. The van der Waals surface area contributed by atoms with Crippen LogP contribution >= 0.6 is 0 Å². The smallest absolute Gasteiger partial charge is 0.433 e. The Morgan fingerprint density at radius 2 is 1.79 bits per heavy atom. The first-order valence-corrected chi connectivity index (χ1v) is 9.25. The van der Waals surface area contributed by atoms with E-state index < -0.39 is 11.9 Å². The third-order valence-corrected chi connectivity index (χ3v) is 5.12. The Kier molecular flexibility index (Phi) is 4.94. The molecule has 2 aromatic rings. The van der Waals surface area contributed by atoms with Gasteiger partial charge in [0, 0.05) is 37.4 Å². The number of rotatable bonds is 5. The Morgan fingerprint density at radius 3 is 2.43 bits per heavy atom. The van der Waals surface area contributed by atoms with Gasteiger partial charge in [0.25, 0.3) is 0 Å². The van der Waals surface area contributed by atoms with Gasteiger partial charge in [0.05, 0.1) is 7.11 Å². The predicted molar refractivity (Wildman–Crippen MR) is 96.4 cm³/mol. The Labute approximate surface area is 160 Å². The molecule has 0 radical (unpaired) electrons. The molecular formula is C18H21F3N6O. The van der Waals surface area contributed by atoms with Crippen molar-refractivity contribution >= 4 is 11.8 Å². The first kappa shape index (κ1) is 18.7. The van der Waals surface area contributed by atoms with Gasteiger partial charge in [-0.25, -0.2) is 19.9 Å². The van der Waals surface area contributed by atoms with Crippen molar-refractivity contribution in [2.45, 2.75) is 43.9 Å². The molecule has 150 valence electrons. The fourth-order valence-electron chi connectivity index (χ4n) is 3.61. The summed E-state index contributed by atoms with van der Waals surface area (Å²) in [6, 6.07) is 3.43. The summed E-state index contributed by atoms with van der Waals surface area (Å²) >= 11 is 0. The summed E-state index contributed by atoms with van der Waals surface area (Å²) < 4.78 is 43.9. The molecule has 10 heteroatoms. The maximum absolute atomic E-state index is 12.9. The summed E-state index contributed by atoms with van der Waals surface area (Å²) in [6.45, 7) is 1.19. The Balaban J connectivity index is 1.47. The van der Waals surface area contributed by atoms with Crippen molar-refractivity contribution in [3.8, 4) is 5.88 Å². The summed E-state index contributed by atoms with van der Waals surface area (Å²) in [6.07, 6.45) is 2.01. The standard InChI is InChI=1S/C18H21F3N6O/c1-28-16-10-15(23-11-24-16)27(12-2-3-12)13-5-8-26(9-6-13)17-22-7-4-14(25-17)18(19,20)21/h4,7,10-13H,2-3,5-6,8-9H2,1H3. The van der Waals surface area contributed by atoms with Gasteiger partial charge in [-0.15, -0.1) is 0 Å². The number of methoxy groups -OCH3 is 1. The van der Waals surface area contributed by atoms with E-state index in [1.54, 1.807) is 7.11 Å². The van der Waals surface area contributed by atoms with E-state index in [1.807, 2.05) is 11.0 Å². The Hall–Kier alpha value is -2.65. The highest BCUT2D eigenvalue weighted by molar-refractivity contribution is 5.45. The summed E-state index contributed by atoms with van der Waals surface area (Å²) in [5.41, 5.74) is -0.910. The van der Waals surface area contributed by atoms with E-state index in [4.69, 9.17) is 4.74 Å². The van der Waals surface area contributed by atoms with Gasteiger partial charge in [-0.2, -0.15) is 13.2 Å². The molecule has 2 fully saturated rings. The van der Waals surface area contributed by atoms with Crippen LogP contribution in [-0.2, 0) is 6.18 Å². The monoisotopic (exact) mass is 394 g/mol. The fraction of sp³-hybridized carbons (Fsp3) is 0.556. The second-order valence-electron chi connectivity index (χ2n) is 7.01. The third-order valence-electron chi connectivity index (χ3n) is 5.12. The van der Waals surface area contributed by atoms with E-state index in [0.717, 1.165) is 37.6 Å². The van der Waals surface area contributed by atoms with Crippen LogP contribution in [0.25, 0.3) is 0 Å². The number of aromatic nitrogens is 4. The molecule has 2 aromatic heterocycles. The Morgan fingerprint density at radius 1 is 1.07 bits per heavy atom. The third kappa shape index (κ3) is 3.95. The van der Waals surface area contributed by atoms with E-state index in [2.05, 4.69) is 24.8 Å². The molecule has 0 spiro atoms. The molecule has 1 saturated carbocycles. The zero-order valence-electron chi connectivity index (χ0n) is 15.4. The van der Waals surface area contributed by atoms with E-state index in [0.29, 0.717) is 25.0 Å². The molecule has 0 aromatic carbocycles. The van der Waals surface area contributed by atoms with Gasteiger partial charge in [0.15, 0.2) is 0 Å². The molecule has 28 heavy (non-hydrogen) atoms. The quantitative estimate of drug-likeness (QED) is 0.772. The van der Waals surface area contributed by atoms with Gasteiger partial charge >= 0.3 is 6.18 Å². The number of halogens is 3. The highest BCUT2D eigenvalue weighted by Gasteiger charge is 2.37. The summed E-state index contributed by atoms with van der Waals surface area (Å²) in [5, 5.41) is 0. The second-order valence-corrected chi connectivity index (χ2v) is 7.01. The van der Waals surface area contributed by atoms with Crippen LogP contribution in [0.4, 0.5) is 24.9 Å². The van der Waals surface area contributed by atoms with Crippen LogP contribution in [0.1, 0.15) is 31.4 Å². The lowest BCUT2D eigenvalue weighted by atomic mass is 10.0. The van der Waals surface area contributed by atoms with Crippen LogP contribution in [-0.4, -0.2) is 52.2 Å². The van der Waals surface area contributed by atoms with Crippen molar-refractivity contribution in [3.63, 3.8) is 0 Å². The minimum atomic E-state index is -4.47. The van der Waals surface area contributed by atoms with Gasteiger partial charge in [0.1, 0.15) is 17.8 Å². The van der Waals surface area contributed by atoms with E-state index in [1.165, 1.54) is 12.5 Å². The lowest BCUT2D eigenvalue weighted by Crippen LogP contribution is -2.47. The van der Waals surface area contributed by atoms with Crippen molar-refractivity contribution in [3.05, 3.63) is 30.4 Å². The molecule has 2 aliphatic rings. The first-order chi connectivity index (χ1) is 13.5. The number of ether oxygens (including phenoxy) is 1. The first-order valence-electron chi connectivity index (χ1n) is 9.25. The summed E-state index contributed by atoms with van der Waals surface area (Å²) in [4.78, 5) is 20.4. The topological polar surface area (TPSA) is 67.3 Å². The van der Waals surface area contributed by atoms with Crippen molar-refractivity contribution in [1.82, 2.24) is 19.9 Å². The molecule has 0 amide bonds. The number of piperidine rings is 1. The molecule has 0 bridgehead atoms. The van der Waals surface area contributed by atoms with Crippen LogP contribution in [0.15, 0.2) is 24.7 Å². The van der Waals surface area contributed by atoms with Gasteiger partial charge in [-0.3, -0.25) is 0 Å². The van der Waals surface area contributed by atoms with E-state index in [-0.39, 0.29) is 12.0 Å². The van der Waals surface area contributed by atoms with Crippen LogP contribution in [0.5, 0.6) is 5.88 Å². The summed E-state index contributed by atoms with van der Waals surface area (Å²) in [7, 11) is 1.57.